The molecule has 0 saturated carbocycles. The fourth-order valence-electron chi connectivity index (χ4n) is 2.70. The first-order chi connectivity index (χ1) is 11.7. The number of aryl methyl sites for hydroxylation is 2. The van der Waals surface area contributed by atoms with Crippen molar-refractivity contribution < 1.29 is 13.2 Å². The molecule has 8 heteroatoms. The third-order valence-electron chi connectivity index (χ3n) is 3.67. The van der Waals surface area contributed by atoms with Crippen molar-refractivity contribution in [3.05, 3.63) is 34.9 Å². The fraction of sp³-hybridized carbons (Fsp3) is 0.611. The monoisotopic (exact) mass is 486 g/mol. The summed E-state index contributed by atoms with van der Waals surface area (Å²) < 4.78 is 36.7. The molecule has 1 aromatic carbocycles. The number of rotatable bonds is 8. The maximum Gasteiger partial charge on any atom is 0.401 e. The Balaban J connectivity index is 0.00000625. The highest BCUT2D eigenvalue weighted by Gasteiger charge is 2.28. The van der Waals surface area contributed by atoms with Gasteiger partial charge in [0.05, 0.1) is 6.54 Å². The molecule has 0 spiro atoms. The SMILES string of the molecule is CN=C(NCCCN(C)CC(F)(F)F)NCCc1cc(C)cc(C)c1.I. The maximum absolute atomic E-state index is 12.2. The molecule has 0 amide bonds. The summed E-state index contributed by atoms with van der Waals surface area (Å²) in [5, 5.41) is 6.36. The lowest BCUT2D eigenvalue weighted by Gasteiger charge is -2.19. The fourth-order valence-corrected chi connectivity index (χ4v) is 2.70. The van der Waals surface area contributed by atoms with Gasteiger partial charge in [0.1, 0.15) is 0 Å². The Morgan fingerprint density at radius 1 is 1.08 bits per heavy atom. The summed E-state index contributed by atoms with van der Waals surface area (Å²) in [4.78, 5) is 5.41. The van der Waals surface area contributed by atoms with E-state index in [0.29, 0.717) is 25.5 Å². The van der Waals surface area contributed by atoms with Gasteiger partial charge in [-0.15, -0.1) is 24.0 Å². The minimum absolute atomic E-state index is 0. The van der Waals surface area contributed by atoms with E-state index >= 15 is 0 Å². The van der Waals surface area contributed by atoms with Crippen molar-refractivity contribution in [3.63, 3.8) is 0 Å². The van der Waals surface area contributed by atoms with Crippen LogP contribution in [0, 0.1) is 13.8 Å². The second-order valence-electron chi connectivity index (χ2n) is 6.38. The lowest BCUT2D eigenvalue weighted by atomic mass is 10.1. The van der Waals surface area contributed by atoms with Gasteiger partial charge < -0.3 is 10.6 Å². The van der Waals surface area contributed by atoms with Crippen molar-refractivity contribution in [2.24, 2.45) is 4.99 Å². The molecule has 0 heterocycles. The highest BCUT2D eigenvalue weighted by atomic mass is 127. The zero-order chi connectivity index (χ0) is 18.9. The van der Waals surface area contributed by atoms with Crippen LogP contribution in [0.15, 0.2) is 23.2 Å². The van der Waals surface area contributed by atoms with Crippen LogP contribution < -0.4 is 10.6 Å². The van der Waals surface area contributed by atoms with Crippen molar-refractivity contribution >= 4 is 29.9 Å². The number of alkyl halides is 3. The third kappa shape index (κ3) is 11.6. The Morgan fingerprint density at radius 3 is 2.19 bits per heavy atom. The Labute approximate surface area is 171 Å². The van der Waals surface area contributed by atoms with Gasteiger partial charge in [0.2, 0.25) is 0 Å². The number of halogens is 4. The van der Waals surface area contributed by atoms with Crippen molar-refractivity contribution in [2.75, 3.05) is 40.3 Å². The summed E-state index contributed by atoms with van der Waals surface area (Å²) in [6.45, 7) is 4.99. The van der Waals surface area contributed by atoms with E-state index in [4.69, 9.17) is 0 Å². The van der Waals surface area contributed by atoms with Crippen LogP contribution in [0.25, 0.3) is 0 Å². The molecule has 1 rings (SSSR count). The number of nitrogens with zero attached hydrogens (tertiary/aromatic N) is 2. The van der Waals surface area contributed by atoms with Gasteiger partial charge in [-0.2, -0.15) is 13.2 Å². The highest BCUT2D eigenvalue weighted by Crippen LogP contribution is 2.15. The normalized spacial score (nSPS) is 12.1. The van der Waals surface area contributed by atoms with Gasteiger partial charge in [0.25, 0.3) is 0 Å². The topological polar surface area (TPSA) is 39.7 Å². The minimum Gasteiger partial charge on any atom is -0.356 e. The Morgan fingerprint density at radius 2 is 1.65 bits per heavy atom. The molecular formula is C18H30F3IN4. The summed E-state index contributed by atoms with van der Waals surface area (Å²) in [7, 11) is 3.16. The molecule has 150 valence electrons. The van der Waals surface area contributed by atoms with E-state index in [2.05, 4.69) is 47.7 Å². The summed E-state index contributed by atoms with van der Waals surface area (Å²) in [5.74, 6) is 0.669. The first-order valence-corrected chi connectivity index (χ1v) is 8.46. The van der Waals surface area contributed by atoms with E-state index in [-0.39, 0.29) is 24.0 Å². The predicted octanol–water partition coefficient (Wildman–Crippen LogP) is 3.51. The van der Waals surface area contributed by atoms with Crippen molar-refractivity contribution in [2.45, 2.75) is 32.9 Å². The molecule has 0 aliphatic heterocycles. The van der Waals surface area contributed by atoms with Crippen LogP contribution in [-0.2, 0) is 6.42 Å². The smallest absolute Gasteiger partial charge is 0.356 e. The standard InChI is InChI=1S/C18H29F3N4.HI/c1-14-10-15(2)12-16(11-14)6-8-24-17(22-3)23-7-5-9-25(4)13-18(19,20)21;/h10-12H,5-9,13H2,1-4H3,(H2,22,23,24);1H. The van der Waals surface area contributed by atoms with Gasteiger partial charge in [0, 0.05) is 20.1 Å². The minimum atomic E-state index is -4.14. The average Bonchev–Trinajstić information content (AvgIpc) is 2.46. The van der Waals surface area contributed by atoms with Gasteiger partial charge in [-0.05, 0) is 45.8 Å². The number of aliphatic imine (C=N–C) groups is 1. The molecule has 0 aromatic heterocycles. The Hall–Kier alpha value is -1.03. The summed E-state index contributed by atoms with van der Waals surface area (Å²) in [6, 6.07) is 6.48. The van der Waals surface area contributed by atoms with E-state index in [1.165, 1.54) is 28.6 Å². The summed E-state index contributed by atoms with van der Waals surface area (Å²) >= 11 is 0. The molecule has 0 fully saturated rings. The van der Waals surface area contributed by atoms with Crippen molar-refractivity contribution in [3.8, 4) is 0 Å². The van der Waals surface area contributed by atoms with Gasteiger partial charge >= 0.3 is 6.18 Å². The van der Waals surface area contributed by atoms with Gasteiger partial charge in [-0.25, -0.2) is 0 Å². The third-order valence-corrected chi connectivity index (χ3v) is 3.67. The van der Waals surface area contributed by atoms with E-state index in [1.807, 2.05) is 0 Å². The highest BCUT2D eigenvalue weighted by molar-refractivity contribution is 14.0. The van der Waals surface area contributed by atoms with Crippen LogP contribution in [-0.4, -0.2) is 57.3 Å². The zero-order valence-electron chi connectivity index (χ0n) is 15.9. The molecule has 26 heavy (non-hydrogen) atoms. The lowest BCUT2D eigenvalue weighted by Crippen LogP contribution is -2.40. The van der Waals surface area contributed by atoms with E-state index in [0.717, 1.165) is 13.0 Å². The van der Waals surface area contributed by atoms with Crippen LogP contribution in [0.2, 0.25) is 0 Å². The van der Waals surface area contributed by atoms with Crippen LogP contribution in [0.3, 0.4) is 0 Å². The number of benzene rings is 1. The van der Waals surface area contributed by atoms with Gasteiger partial charge in [0.15, 0.2) is 5.96 Å². The van der Waals surface area contributed by atoms with Crippen LogP contribution in [0.5, 0.6) is 0 Å². The maximum atomic E-state index is 12.2. The van der Waals surface area contributed by atoms with Crippen molar-refractivity contribution in [1.29, 1.82) is 0 Å². The molecule has 0 bridgehead atoms. The summed E-state index contributed by atoms with van der Waals surface area (Å²) in [6.07, 6.45) is -2.64. The molecule has 0 atom stereocenters. The second kappa shape index (κ2) is 12.4. The zero-order valence-corrected chi connectivity index (χ0v) is 18.2. The molecule has 0 unspecified atom stereocenters. The molecule has 0 aliphatic rings. The first kappa shape index (κ1) is 25.0. The number of guanidine groups is 1. The van der Waals surface area contributed by atoms with E-state index in [1.54, 1.807) is 7.05 Å². The van der Waals surface area contributed by atoms with Crippen molar-refractivity contribution in [1.82, 2.24) is 15.5 Å². The number of nitrogens with one attached hydrogen (secondary N) is 2. The quantitative estimate of drug-likeness (QED) is 0.256. The summed E-state index contributed by atoms with van der Waals surface area (Å²) in [5.41, 5.74) is 3.77. The van der Waals surface area contributed by atoms with Gasteiger partial charge in [-0.1, -0.05) is 29.3 Å². The van der Waals surface area contributed by atoms with Crippen LogP contribution in [0.4, 0.5) is 13.2 Å². The Bertz CT molecular complexity index is 542. The van der Waals surface area contributed by atoms with E-state index < -0.39 is 12.7 Å². The van der Waals surface area contributed by atoms with Crippen LogP contribution >= 0.6 is 24.0 Å². The number of hydrogen-bond donors (Lipinski definition) is 2. The molecule has 0 saturated heterocycles. The first-order valence-electron chi connectivity index (χ1n) is 8.46. The predicted molar refractivity (Wildman–Crippen MR) is 113 cm³/mol. The molecule has 4 nitrogen and oxygen atoms in total. The molecule has 0 aliphatic carbocycles. The molecule has 1 aromatic rings. The van der Waals surface area contributed by atoms with Gasteiger partial charge in [-0.3, -0.25) is 9.89 Å². The lowest BCUT2D eigenvalue weighted by molar-refractivity contribution is -0.143. The largest absolute Gasteiger partial charge is 0.401 e. The second-order valence-corrected chi connectivity index (χ2v) is 6.38. The Kier molecular flexibility index (Phi) is 11.9. The van der Waals surface area contributed by atoms with Crippen LogP contribution in [0.1, 0.15) is 23.1 Å². The number of hydrogen-bond acceptors (Lipinski definition) is 2. The molecule has 0 radical (unpaired) electrons. The van der Waals surface area contributed by atoms with E-state index in [9.17, 15) is 13.2 Å². The molecule has 2 N–H and O–H groups in total. The molecular weight excluding hydrogens is 456 g/mol. The average molecular weight is 486 g/mol.